The van der Waals surface area contributed by atoms with Gasteiger partial charge in [0.15, 0.2) is 11.5 Å². The first-order valence-corrected chi connectivity index (χ1v) is 10.9. The molecule has 0 aromatic heterocycles. The van der Waals surface area contributed by atoms with Crippen LogP contribution in [0.3, 0.4) is 0 Å². The molecule has 0 heterocycles. The number of sulfonamides is 1. The Hall–Kier alpha value is -2.94. The molecule has 0 radical (unpaired) electrons. The first kappa shape index (κ1) is 23.3. The fourth-order valence-electron chi connectivity index (χ4n) is 2.79. The maximum Gasteiger partial charge on any atom is 0.264 e. The van der Waals surface area contributed by atoms with Crippen molar-refractivity contribution in [3.05, 3.63) is 42.5 Å². The van der Waals surface area contributed by atoms with Crippen LogP contribution in [0, 0.1) is 0 Å². The summed E-state index contributed by atoms with van der Waals surface area (Å²) in [4.78, 5) is 12.4. The summed E-state index contributed by atoms with van der Waals surface area (Å²) in [6.07, 6.45) is 0. The fourth-order valence-corrected chi connectivity index (χ4v) is 4.23. The van der Waals surface area contributed by atoms with Crippen LogP contribution in [-0.4, -0.2) is 47.7 Å². The first-order valence-electron chi connectivity index (χ1n) is 9.49. The lowest BCUT2D eigenvalue weighted by Gasteiger charge is -2.25. The first-order chi connectivity index (χ1) is 14.2. The van der Waals surface area contributed by atoms with Crippen molar-refractivity contribution in [2.24, 2.45) is 0 Å². The van der Waals surface area contributed by atoms with E-state index in [9.17, 15) is 13.2 Å². The van der Waals surface area contributed by atoms with Gasteiger partial charge >= 0.3 is 0 Å². The second-order valence-corrected chi connectivity index (χ2v) is 8.54. The monoisotopic (exact) mass is 436 g/mol. The van der Waals surface area contributed by atoms with E-state index in [1.54, 1.807) is 24.3 Å². The number of carbonyl (C=O) groups is 1. The maximum absolute atomic E-state index is 13.5. The van der Waals surface area contributed by atoms with Crippen molar-refractivity contribution >= 4 is 21.6 Å². The molecule has 0 fully saturated rings. The summed E-state index contributed by atoms with van der Waals surface area (Å²) >= 11 is 0. The van der Waals surface area contributed by atoms with Crippen molar-refractivity contribution in [1.29, 1.82) is 0 Å². The Morgan fingerprint density at radius 1 is 1.03 bits per heavy atom. The number of ether oxygens (including phenoxy) is 3. The highest BCUT2D eigenvalue weighted by Gasteiger charge is 2.28. The SMILES string of the molecule is CCOc1ccc(N(CC(=O)NC(C)C)S(=O)(=O)c2ccc(OC)c(OC)c2)cc1. The van der Waals surface area contributed by atoms with Crippen molar-refractivity contribution in [2.45, 2.75) is 31.7 Å². The molecule has 1 amide bonds. The molecular weight excluding hydrogens is 408 g/mol. The summed E-state index contributed by atoms with van der Waals surface area (Å²) < 4.78 is 43.8. The average Bonchev–Trinajstić information content (AvgIpc) is 2.71. The molecule has 2 aromatic carbocycles. The molecule has 0 saturated heterocycles. The largest absolute Gasteiger partial charge is 0.494 e. The molecule has 0 saturated carbocycles. The van der Waals surface area contributed by atoms with Gasteiger partial charge in [0.1, 0.15) is 12.3 Å². The van der Waals surface area contributed by atoms with Crippen LogP contribution in [0.4, 0.5) is 5.69 Å². The summed E-state index contributed by atoms with van der Waals surface area (Å²) in [6, 6.07) is 10.7. The van der Waals surface area contributed by atoms with E-state index in [1.807, 2.05) is 20.8 Å². The normalized spacial score (nSPS) is 11.1. The van der Waals surface area contributed by atoms with Crippen LogP contribution in [0.2, 0.25) is 0 Å². The predicted octanol–water partition coefficient (Wildman–Crippen LogP) is 2.82. The minimum atomic E-state index is -4.07. The zero-order chi connectivity index (χ0) is 22.3. The molecule has 0 spiro atoms. The van der Waals surface area contributed by atoms with E-state index in [0.29, 0.717) is 23.8 Å². The predicted molar refractivity (Wildman–Crippen MR) is 115 cm³/mol. The molecule has 8 nitrogen and oxygen atoms in total. The average molecular weight is 437 g/mol. The van der Waals surface area contributed by atoms with Crippen LogP contribution in [0.1, 0.15) is 20.8 Å². The van der Waals surface area contributed by atoms with Crippen LogP contribution in [0.15, 0.2) is 47.4 Å². The number of methoxy groups -OCH3 is 2. The number of carbonyl (C=O) groups excluding carboxylic acids is 1. The molecule has 9 heteroatoms. The van der Waals surface area contributed by atoms with Gasteiger partial charge in [-0.25, -0.2) is 8.42 Å². The van der Waals surface area contributed by atoms with Gasteiger partial charge in [0.05, 0.1) is 31.4 Å². The summed E-state index contributed by atoms with van der Waals surface area (Å²) in [7, 11) is -1.18. The molecular formula is C21H28N2O6S. The molecule has 2 rings (SSSR count). The van der Waals surface area contributed by atoms with Gasteiger partial charge in [0.25, 0.3) is 10.0 Å². The maximum atomic E-state index is 13.5. The molecule has 30 heavy (non-hydrogen) atoms. The van der Waals surface area contributed by atoms with Crippen LogP contribution in [0.25, 0.3) is 0 Å². The molecule has 0 unspecified atom stereocenters. The number of amides is 1. The highest BCUT2D eigenvalue weighted by molar-refractivity contribution is 7.92. The lowest BCUT2D eigenvalue weighted by molar-refractivity contribution is -0.120. The van der Waals surface area contributed by atoms with E-state index in [0.717, 1.165) is 4.31 Å². The zero-order valence-electron chi connectivity index (χ0n) is 17.8. The highest BCUT2D eigenvalue weighted by Crippen LogP contribution is 2.32. The number of anilines is 1. The topological polar surface area (TPSA) is 94.2 Å². The van der Waals surface area contributed by atoms with Crippen LogP contribution >= 0.6 is 0 Å². The third-order valence-electron chi connectivity index (χ3n) is 4.12. The number of rotatable bonds is 10. The van der Waals surface area contributed by atoms with E-state index in [1.165, 1.54) is 32.4 Å². The standard InChI is InChI=1S/C21H28N2O6S/c1-6-29-17-9-7-16(8-10-17)23(14-21(24)22-15(2)3)30(25,26)18-11-12-19(27-4)20(13-18)28-5/h7-13,15H,6,14H2,1-5H3,(H,22,24). The third kappa shape index (κ3) is 5.56. The minimum absolute atomic E-state index is 0.0219. The van der Waals surface area contributed by atoms with E-state index in [2.05, 4.69) is 5.32 Å². The van der Waals surface area contributed by atoms with Gasteiger partial charge in [-0.2, -0.15) is 0 Å². The van der Waals surface area contributed by atoms with Crippen molar-refractivity contribution in [2.75, 3.05) is 31.7 Å². The molecule has 0 aliphatic rings. The van der Waals surface area contributed by atoms with Gasteiger partial charge in [-0.15, -0.1) is 0 Å². The second-order valence-electron chi connectivity index (χ2n) is 6.68. The van der Waals surface area contributed by atoms with Gasteiger partial charge in [0.2, 0.25) is 5.91 Å². The van der Waals surface area contributed by atoms with Crippen LogP contribution < -0.4 is 23.8 Å². The van der Waals surface area contributed by atoms with Crippen LogP contribution in [-0.2, 0) is 14.8 Å². The Morgan fingerprint density at radius 3 is 2.20 bits per heavy atom. The molecule has 0 bridgehead atoms. The summed E-state index contributed by atoms with van der Waals surface area (Å²) in [5.74, 6) is 0.873. The lowest BCUT2D eigenvalue weighted by Crippen LogP contribution is -2.42. The Labute approximate surface area is 177 Å². The van der Waals surface area contributed by atoms with Gasteiger partial charge in [-0.05, 0) is 57.2 Å². The fraction of sp³-hybridized carbons (Fsp3) is 0.381. The molecule has 0 aliphatic carbocycles. The van der Waals surface area contributed by atoms with Crippen molar-refractivity contribution in [3.8, 4) is 17.2 Å². The Kier molecular flexibility index (Phi) is 7.93. The Balaban J connectivity index is 2.49. The molecule has 0 atom stereocenters. The lowest BCUT2D eigenvalue weighted by atomic mass is 10.3. The van der Waals surface area contributed by atoms with Gasteiger partial charge in [-0.1, -0.05) is 0 Å². The highest BCUT2D eigenvalue weighted by atomic mass is 32.2. The van der Waals surface area contributed by atoms with Crippen molar-refractivity contribution < 1.29 is 27.4 Å². The van der Waals surface area contributed by atoms with E-state index >= 15 is 0 Å². The van der Waals surface area contributed by atoms with E-state index < -0.39 is 15.9 Å². The molecule has 1 N–H and O–H groups in total. The van der Waals surface area contributed by atoms with Gasteiger partial charge in [0, 0.05) is 12.1 Å². The second kappa shape index (κ2) is 10.2. The molecule has 2 aromatic rings. The number of nitrogens with zero attached hydrogens (tertiary/aromatic N) is 1. The summed E-state index contributed by atoms with van der Waals surface area (Å²) in [5.41, 5.74) is 0.340. The smallest absolute Gasteiger partial charge is 0.264 e. The summed E-state index contributed by atoms with van der Waals surface area (Å²) in [5, 5.41) is 2.72. The quantitative estimate of drug-likeness (QED) is 0.616. The van der Waals surface area contributed by atoms with Crippen molar-refractivity contribution in [1.82, 2.24) is 5.32 Å². The van der Waals surface area contributed by atoms with Gasteiger partial charge < -0.3 is 19.5 Å². The van der Waals surface area contributed by atoms with Crippen LogP contribution in [0.5, 0.6) is 17.2 Å². The minimum Gasteiger partial charge on any atom is -0.494 e. The van der Waals surface area contributed by atoms with Crippen molar-refractivity contribution in [3.63, 3.8) is 0 Å². The number of hydrogen-bond donors (Lipinski definition) is 1. The number of nitrogens with one attached hydrogen (secondary N) is 1. The van der Waals surface area contributed by atoms with E-state index in [4.69, 9.17) is 14.2 Å². The Morgan fingerprint density at radius 2 is 1.67 bits per heavy atom. The number of hydrogen-bond acceptors (Lipinski definition) is 6. The van der Waals surface area contributed by atoms with Gasteiger partial charge in [-0.3, -0.25) is 9.10 Å². The zero-order valence-corrected chi connectivity index (χ0v) is 18.7. The van der Waals surface area contributed by atoms with E-state index in [-0.39, 0.29) is 23.2 Å². The Bertz CT molecular complexity index is 958. The molecule has 0 aliphatic heterocycles. The molecule has 164 valence electrons. The summed E-state index contributed by atoms with van der Waals surface area (Å²) in [6.45, 7) is 5.59. The number of benzene rings is 2. The third-order valence-corrected chi connectivity index (χ3v) is 5.89.